The van der Waals surface area contributed by atoms with Gasteiger partial charge in [-0.2, -0.15) is 0 Å². The van der Waals surface area contributed by atoms with E-state index < -0.39 is 0 Å². The second kappa shape index (κ2) is 6.68. The molecule has 6 heteroatoms. The van der Waals surface area contributed by atoms with Crippen LogP contribution in [-0.4, -0.2) is 44.4 Å². The number of rotatable bonds is 5. The van der Waals surface area contributed by atoms with Crippen molar-refractivity contribution in [3.05, 3.63) is 10.4 Å². The van der Waals surface area contributed by atoms with Gasteiger partial charge < -0.3 is 4.74 Å². The van der Waals surface area contributed by atoms with Crippen LogP contribution in [0.1, 0.15) is 6.42 Å². The lowest BCUT2D eigenvalue weighted by Gasteiger charge is -2.27. The van der Waals surface area contributed by atoms with Crippen LogP contribution in [0.2, 0.25) is 0 Å². The molecule has 1 saturated heterocycles. The van der Waals surface area contributed by atoms with Crippen molar-refractivity contribution in [2.24, 2.45) is 5.11 Å². The third-order valence-corrected chi connectivity index (χ3v) is 1.84. The largest absolute Gasteiger partial charge is 0.379 e. The summed E-state index contributed by atoms with van der Waals surface area (Å²) < 4.78 is 5.20. The Morgan fingerprint density at radius 2 is 2.23 bits per heavy atom. The van der Waals surface area contributed by atoms with E-state index in [4.69, 9.17) is 10.3 Å². The van der Waals surface area contributed by atoms with Gasteiger partial charge in [-0.25, -0.2) is 5.01 Å². The fourth-order valence-corrected chi connectivity index (χ4v) is 1.15. The van der Waals surface area contributed by atoms with Crippen molar-refractivity contribution in [1.29, 1.82) is 0 Å². The average Bonchev–Trinajstić information content (AvgIpc) is 2.19. The van der Waals surface area contributed by atoms with Gasteiger partial charge in [0.05, 0.1) is 13.2 Å². The predicted molar refractivity (Wildman–Crippen MR) is 49.0 cm³/mol. The summed E-state index contributed by atoms with van der Waals surface area (Å²) in [5.74, 6) is 0. The fourth-order valence-electron chi connectivity index (χ4n) is 1.15. The van der Waals surface area contributed by atoms with Crippen LogP contribution in [-0.2, 0) is 4.74 Å². The summed E-state index contributed by atoms with van der Waals surface area (Å²) in [7, 11) is 0. The SMILES string of the molecule is [N-]=[N+]=NCCCNN1CCOCC1. The van der Waals surface area contributed by atoms with Crippen molar-refractivity contribution >= 4 is 0 Å². The molecule has 1 rings (SSSR count). The summed E-state index contributed by atoms with van der Waals surface area (Å²) in [5.41, 5.74) is 11.3. The average molecular weight is 185 g/mol. The van der Waals surface area contributed by atoms with Gasteiger partial charge in [-0.05, 0) is 12.0 Å². The van der Waals surface area contributed by atoms with E-state index in [0.29, 0.717) is 6.54 Å². The lowest BCUT2D eigenvalue weighted by Crippen LogP contribution is -2.46. The van der Waals surface area contributed by atoms with Gasteiger partial charge in [-0.15, -0.1) is 0 Å². The molecule has 0 unspecified atom stereocenters. The second-order valence-corrected chi connectivity index (χ2v) is 2.82. The molecule has 0 aliphatic carbocycles. The Bertz CT molecular complexity index is 174. The van der Waals surface area contributed by atoms with Crippen LogP contribution in [0.4, 0.5) is 0 Å². The summed E-state index contributed by atoms with van der Waals surface area (Å²) in [5, 5.41) is 5.59. The Balaban J connectivity index is 1.94. The molecule has 0 bridgehead atoms. The number of hydrogen-bond acceptors (Lipinski definition) is 4. The Hall–Kier alpha value is -0.810. The van der Waals surface area contributed by atoms with Gasteiger partial charge in [0.25, 0.3) is 0 Å². The van der Waals surface area contributed by atoms with E-state index in [2.05, 4.69) is 20.5 Å². The van der Waals surface area contributed by atoms with Crippen molar-refractivity contribution in [1.82, 2.24) is 10.4 Å². The van der Waals surface area contributed by atoms with Crippen LogP contribution >= 0.6 is 0 Å². The number of hydrogen-bond donors (Lipinski definition) is 1. The summed E-state index contributed by atoms with van der Waals surface area (Å²) in [6.07, 6.45) is 0.876. The number of ether oxygens (including phenoxy) is 1. The first-order valence-corrected chi connectivity index (χ1v) is 4.50. The van der Waals surface area contributed by atoms with Crippen molar-refractivity contribution in [3.63, 3.8) is 0 Å². The zero-order chi connectivity index (χ0) is 9.36. The zero-order valence-corrected chi connectivity index (χ0v) is 7.65. The highest BCUT2D eigenvalue weighted by atomic mass is 16.5. The van der Waals surface area contributed by atoms with E-state index in [-0.39, 0.29) is 0 Å². The van der Waals surface area contributed by atoms with Crippen LogP contribution in [0.5, 0.6) is 0 Å². The molecule has 1 aliphatic heterocycles. The number of nitrogens with one attached hydrogen (secondary N) is 1. The maximum absolute atomic E-state index is 8.03. The monoisotopic (exact) mass is 185 g/mol. The van der Waals surface area contributed by atoms with E-state index in [1.54, 1.807) is 0 Å². The minimum Gasteiger partial charge on any atom is -0.379 e. The minimum absolute atomic E-state index is 0.563. The lowest BCUT2D eigenvalue weighted by atomic mass is 10.4. The summed E-state index contributed by atoms with van der Waals surface area (Å²) >= 11 is 0. The molecule has 13 heavy (non-hydrogen) atoms. The van der Waals surface area contributed by atoms with E-state index in [1.165, 1.54) is 0 Å². The molecule has 1 aliphatic rings. The first-order chi connectivity index (χ1) is 6.43. The zero-order valence-electron chi connectivity index (χ0n) is 7.65. The molecular weight excluding hydrogens is 170 g/mol. The van der Waals surface area contributed by atoms with Crippen molar-refractivity contribution in [2.75, 3.05) is 39.4 Å². The van der Waals surface area contributed by atoms with Gasteiger partial charge in [-0.1, -0.05) is 5.11 Å². The van der Waals surface area contributed by atoms with Gasteiger partial charge >= 0.3 is 0 Å². The maximum atomic E-state index is 8.03. The number of nitrogens with zero attached hydrogens (tertiary/aromatic N) is 4. The van der Waals surface area contributed by atoms with Crippen molar-refractivity contribution in [2.45, 2.75) is 6.42 Å². The molecule has 6 nitrogen and oxygen atoms in total. The highest BCUT2D eigenvalue weighted by Gasteiger charge is 2.07. The molecule has 0 aromatic carbocycles. The van der Waals surface area contributed by atoms with Crippen LogP contribution in [0.3, 0.4) is 0 Å². The Kier molecular flexibility index (Phi) is 5.28. The summed E-state index contributed by atoms with van der Waals surface area (Å²) in [4.78, 5) is 2.68. The molecule has 0 atom stereocenters. The first kappa shape index (κ1) is 10.3. The van der Waals surface area contributed by atoms with Gasteiger partial charge in [0.1, 0.15) is 0 Å². The van der Waals surface area contributed by atoms with Gasteiger partial charge in [0, 0.05) is 31.1 Å². The summed E-state index contributed by atoms with van der Waals surface area (Å²) in [6.45, 7) is 4.88. The lowest BCUT2D eigenvalue weighted by molar-refractivity contribution is 0.0121. The second-order valence-electron chi connectivity index (χ2n) is 2.82. The molecule has 0 spiro atoms. The Morgan fingerprint density at radius 1 is 1.46 bits per heavy atom. The smallest absolute Gasteiger partial charge is 0.0608 e. The van der Waals surface area contributed by atoms with Crippen molar-refractivity contribution < 1.29 is 4.74 Å². The van der Waals surface area contributed by atoms with E-state index >= 15 is 0 Å². The molecule has 74 valence electrons. The molecule has 1 fully saturated rings. The van der Waals surface area contributed by atoms with Crippen LogP contribution in [0.15, 0.2) is 5.11 Å². The van der Waals surface area contributed by atoms with Crippen LogP contribution in [0, 0.1) is 0 Å². The molecule has 0 saturated carbocycles. The van der Waals surface area contributed by atoms with Gasteiger partial charge in [0.15, 0.2) is 0 Å². The molecule has 1 heterocycles. The molecule has 0 radical (unpaired) electrons. The predicted octanol–water partition coefficient (Wildman–Crippen LogP) is 0.524. The quantitative estimate of drug-likeness (QED) is 0.294. The van der Waals surface area contributed by atoms with Gasteiger partial charge in [0.2, 0.25) is 0 Å². The standard InChI is InChI=1S/C7H15N5O/c8-11-9-2-1-3-10-12-4-6-13-7-5-12/h10H,1-7H2. The Morgan fingerprint density at radius 3 is 2.92 bits per heavy atom. The molecule has 0 aromatic rings. The van der Waals surface area contributed by atoms with E-state index in [1.807, 2.05) is 0 Å². The Labute approximate surface area is 77.5 Å². The highest BCUT2D eigenvalue weighted by Crippen LogP contribution is 1.92. The van der Waals surface area contributed by atoms with E-state index in [9.17, 15) is 0 Å². The van der Waals surface area contributed by atoms with Gasteiger partial charge in [-0.3, -0.25) is 5.43 Å². The molecular formula is C7H15N5O. The molecule has 0 amide bonds. The number of azide groups is 1. The number of hydrazine groups is 1. The van der Waals surface area contributed by atoms with Crippen LogP contribution < -0.4 is 5.43 Å². The molecule has 0 aromatic heterocycles. The number of morpholine rings is 1. The highest BCUT2D eigenvalue weighted by molar-refractivity contribution is 4.57. The summed E-state index contributed by atoms with van der Waals surface area (Å²) in [6, 6.07) is 0. The minimum atomic E-state index is 0.563. The normalized spacial score (nSPS) is 18.2. The third kappa shape index (κ3) is 4.69. The topological polar surface area (TPSA) is 73.3 Å². The van der Waals surface area contributed by atoms with Crippen molar-refractivity contribution in [3.8, 4) is 0 Å². The van der Waals surface area contributed by atoms with Crippen LogP contribution in [0.25, 0.3) is 10.4 Å². The first-order valence-electron chi connectivity index (χ1n) is 4.50. The fraction of sp³-hybridized carbons (Fsp3) is 1.00. The maximum Gasteiger partial charge on any atom is 0.0608 e. The van der Waals surface area contributed by atoms with E-state index in [0.717, 1.165) is 39.3 Å². The third-order valence-electron chi connectivity index (χ3n) is 1.84. The molecule has 1 N–H and O–H groups in total.